The maximum Gasteiger partial charge on any atom is 0.253 e. The molecule has 0 saturated carbocycles. The van der Waals surface area contributed by atoms with Gasteiger partial charge in [0, 0.05) is 48.5 Å². The first-order valence-electron chi connectivity index (χ1n) is 9.24. The van der Waals surface area contributed by atoms with Gasteiger partial charge in [0.15, 0.2) is 0 Å². The van der Waals surface area contributed by atoms with Crippen LogP contribution in [0.25, 0.3) is 5.69 Å². The number of amides is 1. The predicted molar refractivity (Wildman–Crippen MR) is 105 cm³/mol. The SMILES string of the molecule is O=C(c1cccc(-n2cccc2)c1)N1CCC(Nc2ccc(F)cc2)CC1. The van der Waals surface area contributed by atoms with Gasteiger partial charge in [-0.25, -0.2) is 4.39 Å². The minimum Gasteiger partial charge on any atom is -0.382 e. The number of carbonyl (C=O) groups is 1. The molecule has 1 aromatic heterocycles. The smallest absolute Gasteiger partial charge is 0.253 e. The maximum absolute atomic E-state index is 13.0. The second-order valence-electron chi connectivity index (χ2n) is 6.86. The Hall–Kier alpha value is -3.08. The van der Waals surface area contributed by atoms with Crippen molar-refractivity contribution < 1.29 is 9.18 Å². The first-order chi connectivity index (χ1) is 13.2. The molecule has 0 aliphatic carbocycles. The van der Waals surface area contributed by atoms with Crippen LogP contribution in [-0.2, 0) is 0 Å². The van der Waals surface area contributed by atoms with E-state index in [1.54, 1.807) is 12.1 Å². The van der Waals surface area contributed by atoms with Crippen molar-refractivity contribution in [2.45, 2.75) is 18.9 Å². The van der Waals surface area contributed by atoms with E-state index in [2.05, 4.69) is 5.32 Å². The van der Waals surface area contributed by atoms with Crippen molar-refractivity contribution in [1.82, 2.24) is 9.47 Å². The summed E-state index contributed by atoms with van der Waals surface area (Å²) in [6, 6.07) is 18.4. The lowest BCUT2D eigenvalue weighted by atomic mass is 10.0. The van der Waals surface area contributed by atoms with Gasteiger partial charge in [0.2, 0.25) is 0 Å². The Morgan fingerprint density at radius 1 is 0.963 bits per heavy atom. The molecule has 0 bridgehead atoms. The summed E-state index contributed by atoms with van der Waals surface area (Å²) < 4.78 is 15.0. The van der Waals surface area contributed by atoms with Crippen LogP contribution in [0.2, 0.25) is 0 Å². The van der Waals surface area contributed by atoms with Crippen LogP contribution in [0.4, 0.5) is 10.1 Å². The van der Waals surface area contributed by atoms with Crippen LogP contribution in [0.15, 0.2) is 73.1 Å². The molecular weight excluding hydrogens is 341 g/mol. The zero-order valence-electron chi connectivity index (χ0n) is 15.0. The van der Waals surface area contributed by atoms with Gasteiger partial charge in [-0.15, -0.1) is 0 Å². The highest BCUT2D eigenvalue weighted by Gasteiger charge is 2.23. The lowest BCUT2D eigenvalue weighted by Gasteiger charge is -2.33. The number of anilines is 1. The maximum atomic E-state index is 13.0. The van der Waals surface area contributed by atoms with E-state index in [1.807, 2.05) is 58.3 Å². The van der Waals surface area contributed by atoms with E-state index in [-0.39, 0.29) is 11.7 Å². The molecule has 0 radical (unpaired) electrons. The lowest BCUT2D eigenvalue weighted by Crippen LogP contribution is -2.42. The fourth-order valence-corrected chi connectivity index (χ4v) is 3.50. The predicted octanol–water partition coefficient (Wildman–Crippen LogP) is 4.33. The van der Waals surface area contributed by atoms with Crippen LogP contribution in [0.3, 0.4) is 0 Å². The summed E-state index contributed by atoms with van der Waals surface area (Å²) in [5.41, 5.74) is 2.62. The van der Waals surface area contributed by atoms with E-state index in [1.165, 1.54) is 12.1 Å². The highest BCUT2D eigenvalue weighted by molar-refractivity contribution is 5.94. The molecule has 0 unspecified atom stereocenters. The third kappa shape index (κ3) is 4.03. The fraction of sp³-hybridized carbons (Fsp3) is 0.227. The number of piperidine rings is 1. The average Bonchev–Trinajstić information content (AvgIpc) is 3.25. The Morgan fingerprint density at radius 3 is 2.37 bits per heavy atom. The third-order valence-corrected chi connectivity index (χ3v) is 4.99. The highest BCUT2D eigenvalue weighted by atomic mass is 19.1. The van der Waals surface area contributed by atoms with E-state index in [9.17, 15) is 9.18 Å². The second-order valence-corrected chi connectivity index (χ2v) is 6.86. The van der Waals surface area contributed by atoms with Crippen molar-refractivity contribution >= 4 is 11.6 Å². The van der Waals surface area contributed by atoms with Gasteiger partial charge in [-0.3, -0.25) is 4.79 Å². The molecule has 1 saturated heterocycles. The second kappa shape index (κ2) is 7.66. The van der Waals surface area contributed by atoms with E-state index in [0.717, 1.165) is 24.2 Å². The third-order valence-electron chi connectivity index (χ3n) is 4.99. The molecule has 0 atom stereocenters. The molecule has 4 nitrogen and oxygen atoms in total. The van der Waals surface area contributed by atoms with Gasteiger partial charge in [0.25, 0.3) is 5.91 Å². The summed E-state index contributed by atoms with van der Waals surface area (Å²) in [5.74, 6) is -0.160. The van der Waals surface area contributed by atoms with Crippen molar-refractivity contribution in [1.29, 1.82) is 0 Å². The van der Waals surface area contributed by atoms with Gasteiger partial charge in [0.05, 0.1) is 0 Å². The summed E-state index contributed by atoms with van der Waals surface area (Å²) in [7, 11) is 0. The van der Waals surface area contributed by atoms with Gasteiger partial charge < -0.3 is 14.8 Å². The number of carbonyl (C=O) groups excluding carboxylic acids is 1. The Kier molecular flexibility index (Phi) is 4.92. The number of rotatable bonds is 4. The number of nitrogens with zero attached hydrogens (tertiary/aromatic N) is 2. The normalized spacial score (nSPS) is 14.9. The zero-order valence-corrected chi connectivity index (χ0v) is 15.0. The quantitative estimate of drug-likeness (QED) is 0.749. The Morgan fingerprint density at radius 2 is 1.67 bits per heavy atom. The number of hydrogen-bond donors (Lipinski definition) is 1. The Bertz CT molecular complexity index is 898. The molecule has 1 N–H and O–H groups in total. The summed E-state index contributed by atoms with van der Waals surface area (Å²) >= 11 is 0. The van der Waals surface area contributed by atoms with Crippen LogP contribution in [0, 0.1) is 5.82 Å². The lowest BCUT2D eigenvalue weighted by molar-refractivity contribution is 0.0718. The summed E-state index contributed by atoms with van der Waals surface area (Å²) in [6.45, 7) is 1.43. The number of aromatic nitrogens is 1. The average molecular weight is 363 g/mol. The summed E-state index contributed by atoms with van der Waals surface area (Å²) in [5, 5.41) is 3.43. The first kappa shape index (κ1) is 17.3. The summed E-state index contributed by atoms with van der Waals surface area (Å²) in [6.07, 6.45) is 5.69. The van der Waals surface area contributed by atoms with Crippen LogP contribution < -0.4 is 5.32 Å². The molecule has 1 aliphatic heterocycles. The molecule has 1 amide bonds. The molecule has 0 spiro atoms. The van der Waals surface area contributed by atoms with Crippen LogP contribution in [-0.4, -0.2) is 34.5 Å². The van der Waals surface area contributed by atoms with Gasteiger partial charge >= 0.3 is 0 Å². The van der Waals surface area contributed by atoms with Crippen LogP contribution in [0.1, 0.15) is 23.2 Å². The largest absolute Gasteiger partial charge is 0.382 e. The van der Waals surface area contributed by atoms with Crippen LogP contribution in [0.5, 0.6) is 0 Å². The molecule has 138 valence electrons. The molecular formula is C22H22FN3O. The molecule has 2 heterocycles. The standard InChI is InChI=1S/C22H22FN3O/c23-18-6-8-19(9-7-18)24-20-10-14-26(15-11-20)22(27)17-4-3-5-21(16-17)25-12-1-2-13-25/h1-9,12-13,16,20,24H,10-11,14-15H2. The monoisotopic (exact) mass is 363 g/mol. The van der Waals surface area contributed by atoms with Crippen molar-refractivity contribution in [3.63, 3.8) is 0 Å². The van der Waals surface area contributed by atoms with E-state index >= 15 is 0 Å². The molecule has 27 heavy (non-hydrogen) atoms. The van der Waals surface area contributed by atoms with Crippen molar-refractivity contribution in [2.24, 2.45) is 0 Å². The Balaban J connectivity index is 1.37. The first-order valence-corrected chi connectivity index (χ1v) is 9.24. The topological polar surface area (TPSA) is 37.3 Å². The minimum absolute atomic E-state index is 0.0734. The summed E-state index contributed by atoms with van der Waals surface area (Å²) in [4.78, 5) is 14.8. The zero-order chi connectivity index (χ0) is 18.6. The molecule has 3 aromatic rings. The number of benzene rings is 2. The molecule has 2 aromatic carbocycles. The van der Waals surface area contributed by atoms with E-state index in [0.29, 0.717) is 24.7 Å². The number of halogens is 1. The van der Waals surface area contributed by atoms with E-state index in [4.69, 9.17) is 0 Å². The molecule has 5 heteroatoms. The van der Waals surface area contributed by atoms with Crippen molar-refractivity contribution in [3.8, 4) is 5.69 Å². The molecule has 1 fully saturated rings. The highest BCUT2D eigenvalue weighted by Crippen LogP contribution is 2.20. The number of hydrogen-bond acceptors (Lipinski definition) is 2. The van der Waals surface area contributed by atoms with Crippen molar-refractivity contribution in [3.05, 3.63) is 84.4 Å². The molecule has 1 aliphatic rings. The number of likely N-dealkylation sites (tertiary alicyclic amines) is 1. The van der Waals surface area contributed by atoms with Gasteiger partial charge in [0.1, 0.15) is 5.82 Å². The van der Waals surface area contributed by atoms with Gasteiger partial charge in [-0.1, -0.05) is 6.07 Å². The minimum atomic E-state index is -0.233. The molecule has 4 rings (SSSR count). The number of nitrogens with one attached hydrogen (secondary N) is 1. The van der Waals surface area contributed by atoms with Gasteiger partial charge in [-0.05, 0) is 67.4 Å². The fourth-order valence-electron chi connectivity index (χ4n) is 3.50. The Labute approximate surface area is 158 Å². The van der Waals surface area contributed by atoms with Crippen molar-refractivity contribution in [2.75, 3.05) is 18.4 Å². The van der Waals surface area contributed by atoms with E-state index < -0.39 is 0 Å². The van der Waals surface area contributed by atoms with Crippen LogP contribution >= 0.6 is 0 Å². The van der Waals surface area contributed by atoms with Gasteiger partial charge in [-0.2, -0.15) is 0 Å².